The van der Waals surface area contributed by atoms with Gasteiger partial charge in [0.05, 0.1) is 10.4 Å². The van der Waals surface area contributed by atoms with Gasteiger partial charge in [-0.3, -0.25) is 4.98 Å². The van der Waals surface area contributed by atoms with Crippen LogP contribution in [0.2, 0.25) is 0 Å². The maximum absolute atomic E-state index is 12.3. The maximum Gasteiger partial charge on any atom is 0.573 e. The van der Waals surface area contributed by atoms with Gasteiger partial charge in [-0.2, -0.15) is 0 Å². The number of hydrogen-bond acceptors (Lipinski definition) is 5. The van der Waals surface area contributed by atoms with Crippen LogP contribution in [0.25, 0.3) is 22.0 Å². The lowest BCUT2D eigenvalue weighted by Gasteiger charge is -2.11. The van der Waals surface area contributed by atoms with E-state index in [1.807, 2.05) is 6.07 Å². The standard InChI is InChI=1S/C25H20F3N3O4S/c1-36(33,34)22-10-5-17(6-11-22)19-12-18-4-7-20(13-23(18)29-15-19)31-24(32)30-14-16-2-8-21(9-3-16)35-25(26,27)28/h2-13,15H,14H2,1H3,(H2,30,31,32). The number of hydrogen-bond donors (Lipinski definition) is 2. The first-order chi connectivity index (χ1) is 17.0. The largest absolute Gasteiger partial charge is 0.573 e. The number of amides is 2. The molecule has 0 atom stereocenters. The number of carbonyl (C=O) groups is 1. The minimum absolute atomic E-state index is 0.103. The van der Waals surface area contributed by atoms with Crippen molar-refractivity contribution in [2.45, 2.75) is 17.8 Å². The Morgan fingerprint density at radius 2 is 1.64 bits per heavy atom. The summed E-state index contributed by atoms with van der Waals surface area (Å²) < 4.78 is 63.8. The van der Waals surface area contributed by atoms with Crippen LogP contribution in [-0.2, 0) is 16.4 Å². The summed E-state index contributed by atoms with van der Waals surface area (Å²) in [5.41, 5.74) is 3.37. The molecule has 0 aliphatic carbocycles. The van der Waals surface area contributed by atoms with E-state index in [0.717, 1.165) is 22.8 Å². The normalized spacial score (nSPS) is 11.8. The van der Waals surface area contributed by atoms with Crippen LogP contribution in [0.4, 0.5) is 23.7 Å². The summed E-state index contributed by atoms with van der Waals surface area (Å²) in [5.74, 6) is -0.339. The molecule has 4 rings (SSSR count). The van der Waals surface area contributed by atoms with Gasteiger partial charge in [0.2, 0.25) is 0 Å². The maximum atomic E-state index is 12.3. The predicted octanol–water partition coefficient (Wildman–Crippen LogP) is 5.53. The molecular weight excluding hydrogens is 495 g/mol. The van der Waals surface area contributed by atoms with Gasteiger partial charge >= 0.3 is 12.4 Å². The minimum atomic E-state index is -4.76. The number of benzene rings is 3. The molecule has 11 heteroatoms. The topological polar surface area (TPSA) is 97.4 Å². The highest BCUT2D eigenvalue weighted by molar-refractivity contribution is 7.90. The molecule has 1 heterocycles. The second-order valence-corrected chi connectivity index (χ2v) is 9.94. The van der Waals surface area contributed by atoms with Gasteiger partial charge in [0.1, 0.15) is 5.75 Å². The van der Waals surface area contributed by atoms with E-state index >= 15 is 0 Å². The Bertz CT molecular complexity index is 1500. The third kappa shape index (κ3) is 6.51. The van der Waals surface area contributed by atoms with Crippen LogP contribution in [0.1, 0.15) is 5.56 Å². The first-order valence-electron chi connectivity index (χ1n) is 10.6. The number of pyridine rings is 1. The number of carbonyl (C=O) groups excluding carboxylic acids is 1. The molecule has 0 unspecified atom stereocenters. The van der Waals surface area contributed by atoms with Crippen molar-refractivity contribution in [2.24, 2.45) is 0 Å². The van der Waals surface area contributed by atoms with Gasteiger partial charge in [0, 0.05) is 35.6 Å². The lowest BCUT2D eigenvalue weighted by Crippen LogP contribution is -2.28. The second-order valence-electron chi connectivity index (χ2n) is 7.93. The van der Waals surface area contributed by atoms with Crippen LogP contribution in [0.5, 0.6) is 5.75 Å². The van der Waals surface area contributed by atoms with Crippen molar-refractivity contribution in [3.05, 3.63) is 84.6 Å². The molecule has 2 N–H and O–H groups in total. The number of aromatic nitrogens is 1. The molecule has 4 aromatic rings. The molecule has 0 saturated heterocycles. The Morgan fingerprint density at radius 3 is 2.28 bits per heavy atom. The third-order valence-electron chi connectivity index (χ3n) is 5.17. The van der Waals surface area contributed by atoms with Crippen LogP contribution < -0.4 is 15.4 Å². The van der Waals surface area contributed by atoms with Crippen LogP contribution in [0.3, 0.4) is 0 Å². The summed E-state index contributed by atoms with van der Waals surface area (Å²) in [7, 11) is -3.28. The van der Waals surface area contributed by atoms with E-state index < -0.39 is 22.2 Å². The van der Waals surface area contributed by atoms with E-state index in [0.29, 0.717) is 16.8 Å². The molecule has 2 amide bonds. The fourth-order valence-corrected chi connectivity index (χ4v) is 4.05. The summed E-state index contributed by atoms with van der Waals surface area (Å²) in [6.45, 7) is 0.103. The van der Waals surface area contributed by atoms with Gasteiger partial charge in [-0.05, 0) is 53.6 Å². The highest BCUT2D eigenvalue weighted by atomic mass is 32.2. The number of nitrogens with one attached hydrogen (secondary N) is 2. The van der Waals surface area contributed by atoms with Crippen LogP contribution >= 0.6 is 0 Å². The fraction of sp³-hybridized carbons (Fsp3) is 0.120. The molecule has 0 fully saturated rings. The average Bonchev–Trinajstić information content (AvgIpc) is 2.82. The van der Waals surface area contributed by atoms with E-state index in [1.54, 1.807) is 48.7 Å². The van der Waals surface area contributed by atoms with Gasteiger partial charge < -0.3 is 15.4 Å². The monoisotopic (exact) mass is 515 g/mol. The quantitative estimate of drug-likeness (QED) is 0.352. The lowest BCUT2D eigenvalue weighted by molar-refractivity contribution is -0.274. The van der Waals surface area contributed by atoms with Crippen molar-refractivity contribution in [2.75, 3.05) is 11.6 Å². The van der Waals surface area contributed by atoms with Crippen LogP contribution in [0.15, 0.2) is 83.9 Å². The molecule has 186 valence electrons. The van der Waals surface area contributed by atoms with Crippen LogP contribution in [-0.4, -0.2) is 32.1 Å². The zero-order chi connectivity index (χ0) is 25.9. The Kier molecular flexibility index (Phi) is 6.84. The van der Waals surface area contributed by atoms with Gasteiger partial charge in [0.15, 0.2) is 9.84 Å². The van der Waals surface area contributed by atoms with Crippen molar-refractivity contribution in [1.29, 1.82) is 0 Å². The van der Waals surface area contributed by atoms with Crippen molar-refractivity contribution < 1.29 is 31.1 Å². The summed E-state index contributed by atoms with van der Waals surface area (Å²) >= 11 is 0. The Balaban J connectivity index is 1.38. The summed E-state index contributed by atoms with van der Waals surface area (Å²) in [6, 6.07) is 18.4. The van der Waals surface area contributed by atoms with Crippen molar-refractivity contribution in [3.63, 3.8) is 0 Å². The van der Waals surface area contributed by atoms with E-state index in [9.17, 15) is 26.4 Å². The first kappa shape index (κ1) is 25.0. The molecule has 3 aromatic carbocycles. The molecule has 0 saturated carbocycles. The number of ether oxygens (including phenoxy) is 1. The number of rotatable bonds is 6. The lowest BCUT2D eigenvalue weighted by atomic mass is 10.1. The summed E-state index contributed by atoms with van der Waals surface area (Å²) in [4.78, 5) is 16.9. The van der Waals surface area contributed by atoms with Gasteiger partial charge in [-0.15, -0.1) is 13.2 Å². The molecule has 0 spiro atoms. The average molecular weight is 516 g/mol. The molecule has 0 aliphatic heterocycles. The summed E-state index contributed by atoms with van der Waals surface area (Å²) in [6.07, 6.45) is -1.95. The Labute approximate surface area is 204 Å². The zero-order valence-corrected chi connectivity index (χ0v) is 19.7. The van der Waals surface area contributed by atoms with Crippen molar-refractivity contribution in [1.82, 2.24) is 10.3 Å². The number of alkyl halides is 3. The number of anilines is 1. The summed E-state index contributed by atoms with van der Waals surface area (Å²) in [5, 5.41) is 6.15. The van der Waals surface area contributed by atoms with E-state index in [2.05, 4.69) is 20.4 Å². The Hall–Kier alpha value is -4.12. The van der Waals surface area contributed by atoms with E-state index in [-0.39, 0.29) is 17.2 Å². The molecule has 0 bridgehead atoms. The smallest absolute Gasteiger partial charge is 0.406 e. The number of urea groups is 1. The van der Waals surface area contributed by atoms with Crippen LogP contribution in [0, 0.1) is 0 Å². The highest BCUT2D eigenvalue weighted by Crippen LogP contribution is 2.26. The molecule has 7 nitrogen and oxygen atoms in total. The zero-order valence-electron chi connectivity index (χ0n) is 18.8. The number of sulfone groups is 1. The van der Waals surface area contributed by atoms with Gasteiger partial charge in [-0.1, -0.05) is 30.3 Å². The van der Waals surface area contributed by atoms with Gasteiger partial charge in [0.25, 0.3) is 0 Å². The molecule has 36 heavy (non-hydrogen) atoms. The molecule has 1 aromatic heterocycles. The van der Waals surface area contributed by atoms with Crippen molar-refractivity contribution in [3.8, 4) is 16.9 Å². The minimum Gasteiger partial charge on any atom is -0.406 e. The van der Waals surface area contributed by atoms with Crippen molar-refractivity contribution >= 4 is 32.5 Å². The second kappa shape index (κ2) is 9.86. The third-order valence-corrected chi connectivity index (χ3v) is 6.30. The Morgan fingerprint density at radius 1 is 0.944 bits per heavy atom. The predicted molar refractivity (Wildman–Crippen MR) is 129 cm³/mol. The van der Waals surface area contributed by atoms with E-state index in [1.165, 1.54) is 24.3 Å². The number of halogens is 3. The fourth-order valence-electron chi connectivity index (χ4n) is 3.42. The first-order valence-corrected chi connectivity index (χ1v) is 12.5. The molecular formula is C25H20F3N3O4S. The SMILES string of the molecule is CS(=O)(=O)c1ccc(-c2cnc3cc(NC(=O)NCc4ccc(OC(F)(F)F)cc4)ccc3c2)cc1. The number of fused-ring (bicyclic) bond motifs is 1. The highest BCUT2D eigenvalue weighted by Gasteiger charge is 2.30. The molecule has 0 aliphatic rings. The van der Waals surface area contributed by atoms with E-state index in [4.69, 9.17) is 0 Å². The van der Waals surface area contributed by atoms with Gasteiger partial charge in [-0.25, -0.2) is 13.2 Å². The molecule has 0 radical (unpaired) electrons. The number of nitrogens with zero attached hydrogens (tertiary/aromatic N) is 1.